The van der Waals surface area contributed by atoms with Gasteiger partial charge in [0, 0.05) is 10.9 Å². The Bertz CT molecular complexity index is 393. The van der Waals surface area contributed by atoms with E-state index < -0.39 is 0 Å². The van der Waals surface area contributed by atoms with Crippen molar-refractivity contribution in [3.8, 4) is 0 Å². The van der Waals surface area contributed by atoms with Crippen molar-refractivity contribution in [2.45, 2.75) is 44.3 Å². The number of rotatable bonds is 5. The minimum Gasteiger partial charge on any atom is -0.368 e. The van der Waals surface area contributed by atoms with E-state index in [0.717, 1.165) is 25.8 Å². The molecule has 18 heavy (non-hydrogen) atoms. The molecule has 0 radical (unpaired) electrons. The van der Waals surface area contributed by atoms with Gasteiger partial charge >= 0.3 is 0 Å². The number of primary amides is 1. The van der Waals surface area contributed by atoms with Crippen LogP contribution in [0.1, 0.15) is 37.1 Å². The predicted octanol–water partition coefficient (Wildman–Crippen LogP) is 1.48. The second kappa shape index (κ2) is 5.82. The summed E-state index contributed by atoms with van der Waals surface area (Å²) in [6.45, 7) is 2.99. The second-order valence-corrected chi connectivity index (χ2v) is 5.81. The molecule has 1 aromatic heterocycles. The molecule has 5 heteroatoms. The highest BCUT2D eigenvalue weighted by molar-refractivity contribution is 7.10. The zero-order chi connectivity index (χ0) is 13.1. The van der Waals surface area contributed by atoms with Crippen molar-refractivity contribution < 1.29 is 4.79 Å². The number of nitrogens with two attached hydrogens (primary N) is 2. The maximum atomic E-state index is 11.5. The van der Waals surface area contributed by atoms with Crippen molar-refractivity contribution in [2.24, 2.45) is 11.5 Å². The van der Waals surface area contributed by atoms with Gasteiger partial charge < -0.3 is 11.5 Å². The molecule has 1 saturated heterocycles. The standard InChI is InChI=1S/C13H21N3OS/c1-2-9(14)12(11-6-4-8-18-11)16-7-3-5-10(16)13(15)17/h4,6,8-10,12H,2-3,5,7,14H2,1H3,(H2,15,17). The summed E-state index contributed by atoms with van der Waals surface area (Å²) in [7, 11) is 0. The number of thiophene rings is 1. The van der Waals surface area contributed by atoms with Crippen LogP contribution in [-0.2, 0) is 4.79 Å². The van der Waals surface area contributed by atoms with E-state index in [1.807, 2.05) is 6.07 Å². The fraction of sp³-hybridized carbons (Fsp3) is 0.615. The molecular formula is C13H21N3OS. The molecule has 1 amide bonds. The molecule has 0 spiro atoms. The normalized spacial score (nSPS) is 24.0. The molecule has 100 valence electrons. The average molecular weight is 267 g/mol. The Morgan fingerprint density at radius 2 is 2.44 bits per heavy atom. The molecular weight excluding hydrogens is 246 g/mol. The summed E-state index contributed by atoms with van der Waals surface area (Å²) in [6, 6.07) is 4.14. The van der Waals surface area contributed by atoms with Crippen LogP contribution >= 0.6 is 11.3 Å². The highest BCUT2D eigenvalue weighted by Gasteiger charge is 2.37. The quantitative estimate of drug-likeness (QED) is 0.848. The van der Waals surface area contributed by atoms with E-state index in [1.54, 1.807) is 11.3 Å². The molecule has 2 heterocycles. The highest BCUT2D eigenvalue weighted by atomic mass is 32.1. The minimum atomic E-state index is -0.225. The van der Waals surface area contributed by atoms with E-state index in [4.69, 9.17) is 11.5 Å². The lowest BCUT2D eigenvalue weighted by Crippen LogP contribution is -2.47. The highest BCUT2D eigenvalue weighted by Crippen LogP contribution is 2.34. The fourth-order valence-corrected chi connectivity index (χ4v) is 3.65. The minimum absolute atomic E-state index is 0.0450. The Labute approximate surface area is 112 Å². The first-order valence-electron chi connectivity index (χ1n) is 6.49. The lowest BCUT2D eigenvalue weighted by Gasteiger charge is -2.34. The summed E-state index contributed by atoms with van der Waals surface area (Å²) < 4.78 is 0. The smallest absolute Gasteiger partial charge is 0.234 e. The van der Waals surface area contributed by atoms with Gasteiger partial charge in [0.05, 0.1) is 12.1 Å². The largest absolute Gasteiger partial charge is 0.368 e. The van der Waals surface area contributed by atoms with Gasteiger partial charge in [-0.05, 0) is 37.3 Å². The van der Waals surface area contributed by atoms with E-state index in [0.29, 0.717) is 0 Å². The van der Waals surface area contributed by atoms with E-state index in [-0.39, 0.29) is 24.0 Å². The second-order valence-electron chi connectivity index (χ2n) is 4.83. The summed E-state index contributed by atoms with van der Waals surface area (Å²) in [4.78, 5) is 15.0. The zero-order valence-corrected chi connectivity index (χ0v) is 11.5. The number of carbonyl (C=O) groups is 1. The van der Waals surface area contributed by atoms with Crippen LogP contribution in [-0.4, -0.2) is 29.4 Å². The zero-order valence-electron chi connectivity index (χ0n) is 10.7. The number of amides is 1. The fourth-order valence-electron chi connectivity index (χ4n) is 2.73. The third kappa shape index (κ3) is 2.58. The van der Waals surface area contributed by atoms with Gasteiger partial charge in [-0.15, -0.1) is 11.3 Å². The molecule has 4 N–H and O–H groups in total. The van der Waals surface area contributed by atoms with Crippen LogP contribution < -0.4 is 11.5 Å². The first kappa shape index (κ1) is 13.5. The van der Waals surface area contributed by atoms with E-state index >= 15 is 0 Å². The maximum Gasteiger partial charge on any atom is 0.234 e. The first-order chi connectivity index (χ1) is 8.65. The number of hydrogen-bond donors (Lipinski definition) is 2. The van der Waals surface area contributed by atoms with Gasteiger partial charge in [-0.2, -0.15) is 0 Å². The van der Waals surface area contributed by atoms with E-state index in [9.17, 15) is 4.79 Å². The summed E-state index contributed by atoms with van der Waals surface area (Å²) in [6.07, 6.45) is 2.77. The van der Waals surface area contributed by atoms with Gasteiger partial charge in [-0.3, -0.25) is 9.69 Å². The molecule has 3 atom stereocenters. The van der Waals surface area contributed by atoms with Crippen molar-refractivity contribution >= 4 is 17.2 Å². The summed E-state index contributed by atoms with van der Waals surface area (Å²) >= 11 is 1.70. The van der Waals surface area contributed by atoms with Crippen molar-refractivity contribution in [1.29, 1.82) is 0 Å². The number of carbonyl (C=O) groups excluding carboxylic acids is 1. The molecule has 0 aromatic carbocycles. The summed E-state index contributed by atoms with van der Waals surface area (Å²) in [5.41, 5.74) is 11.8. The van der Waals surface area contributed by atoms with Crippen molar-refractivity contribution in [2.75, 3.05) is 6.54 Å². The SMILES string of the molecule is CCC(N)C(c1cccs1)N1CCCC1C(N)=O. The van der Waals surface area contributed by atoms with Crippen molar-refractivity contribution in [1.82, 2.24) is 4.90 Å². The van der Waals surface area contributed by atoms with Crippen LogP contribution in [0.3, 0.4) is 0 Å². The van der Waals surface area contributed by atoms with Crippen molar-refractivity contribution in [3.05, 3.63) is 22.4 Å². The molecule has 1 aromatic rings. The number of hydrogen-bond acceptors (Lipinski definition) is 4. The molecule has 4 nitrogen and oxygen atoms in total. The Morgan fingerprint density at radius 1 is 1.67 bits per heavy atom. The topological polar surface area (TPSA) is 72.3 Å². The number of nitrogens with zero attached hydrogens (tertiary/aromatic N) is 1. The van der Waals surface area contributed by atoms with Crippen molar-refractivity contribution in [3.63, 3.8) is 0 Å². The first-order valence-corrected chi connectivity index (χ1v) is 7.37. The third-order valence-electron chi connectivity index (χ3n) is 3.69. The van der Waals surface area contributed by atoms with E-state index in [2.05, 4.69) is 23.3 Å². The summed E-state index contributed by atoms with van der Waals surface area (Å²) in [5.74, 6) is -0.225. The van der Waals surface area contributed by atoms with Gasteiger partial charge in [0.25, 0.3) is 0 Å². The molecule has 0 saturated carbocycles. The molecule has 0 bridgehead atoms. The van der Waals surface area contributed by atoms with Gasteiger partial charge in [0.15, 0.2) is 0 Å². The average Bonchev–Trinajstić information content (AvgIpc) is 2.99. The monoisotopic (exact) mass is 267 g/mol. The Balaban J connectivity index is 2.26. The Hall–Kier alpha value is -0.910. The van der Waals surface area contributed by atoms with Gasteiger partial charge in [-0.25, -0.2) is 0 Å². The molecule has 3 unspecified atom stereocenters. The third-order valence-corrected chi connectivity index (χ3v) is 4.63. The Morgan fingerprint density at radius 3 is 3.00 bits per heavy atom. The van der Waals surface area contributed by atoms with Crippen LogP contribution in [0.15, 0.2) is 17.5 Å². The van der Waals surface area contributed by atoms with Gasteiger partial charge in [0.1, 0.15) is 0 Å². The van der Waals surface area contributed by atoms with Gasteiger partial charge in [-0.1, -0.05) is 13.0 Å². The van der Waals surface area contributed by atoms with Crippen LogP contribution in [0.25, 0.3) is 0 Å². The van der Waals surface area contributed by atoms with Crippen LogP contribution in [0.4, 0.5) is 0 Å². The van der Waals surface area contributed by atoms with E-state index in [1.165, 1.54) is 4.88 Å². The van der Waals surface area contributed by atoms with Crippen LogP contribution in [0.5, 0.6) is 0 Å². The predicted molar refractivity (Wildman–Crippen MR) is 74.2 cm³/mol. The molecule has 2 rings (SSSR count). The lowest BCUT2D eigenvalue weighted by molar-refractivity contribution is -0.123. The molecule has 0 aliphatic carbocycles. The molecule has 1 aliphatic heterocycles. The van der Waals surface area contributed by atoms with Crippen LogP contribution in [0.2, 0.25) is 0 Å². The lowest BCUT2D eigenvalue weighted by atomic mass is 10.0. The molecule has 1 fully saturated rings. The number of likely N-dealkylation sites (tertiary alicyclic amines) is 1. The molecule has 1 aliphatic rings. The maximum absolute atomic E-state index is 11.5. The van der Waals surface area contributed by atoms with Gasteiger partial charge in [0.2, 0.25) is 5.91 Å². The summed E-state index contributed by atoms with van der Waals surface area (Å²) in [5, 5.41) is 2.06. The van der Waals surface area contributed by atoms with Crippen LogP contribution in [0, 0.1) is 0 Å². The Kier molecular flexibility index (Phi) is 4.37.